The number of aromatic nitrogens is 2. The third-order valence-electron chi connectivity index (χ3n) is 1.57. The van der Waals surface area contributed by atoms with Crippen LogP contribution in [0.15, 0.2) is 12.1 Å². The Labute approximate surface area is 103 Å². The molecule has 0 aliphatic rings. The SMILES string of the molecule is CCOC(=O)CNC(=O)Nc1ccc(Cl)nn1. The molecule has 7 nitrogen and oxygen atoms in total. The summed E-state index contributed by atoms with van der Waals surface area (Å²) in [6, 6.07) is 2.39. The van der Waals surface area contributed by atoms with Crippen LogP contribution in [0.5, 0.6) is 0 Å². The number of urea groups is 1. The average molecular weight is 259 g/mol. The van der Waals surface area contributed by atoms with E-state index in [1.807, 2.05) is 0 Å². The molecule has 2 N–H and O–H groups in total. The third kappa shape index (κ3) is 5.12. The number of nitrogens with one attached hydrogen (secondary N) is 2. The Morgan fingerprint density at radius 2 is 2.18 bits per heavy atom. The van der Waals surface area contributed by atoms with Crippen LogP contribution in [0.2, 0.25) is 5.15 Å². The molecule has 0 unspecified atom stereocenters. The first-order valence-corrected chi connectivity index (χ1v) is 5.19. The van der Waals surface area contributed by atoms with Crippen molar-refractivity contribution in [2.45, 2.75) is 6.92 Å². The molecule has 1 aromatic heterocycles. The molecule has 0 atom stereocenters. The minimum atomic E-state index is -0.574. The van der Waals surface area contributed by atoms with Crippen molar-refractivity contribution in [1.29, 1.82) is 0 Å². The van der Waals surface area contributed by atoms with E-state index in [1.54, 1.807) is 6.92 Å². The number of carbonyl (C=O) groups excluding carboxylic acids is 2. The molecule has 0 radical (unpaired) electrons. The quantitative estimate of drug-likeness (QED) is 0.780. The summed E-state index contributed by atoms with van der Waals surface area (Å²) < 4.78 is 4.63. The van der Waals surface area contributed by atoms with Gasteiger partial charge in [0.1, 0.15) is 6.54 Å². The molecule has 0 aliphatic carbocycles. The van der Waals surface area contributed by atoms with Gasteiger partial charge in [-0.3, -0.25) is 10.1 Å². The van der Waals surface area contributed by atoms with Crippen LogP contribution in [-0.2, 0) is 9.53 Å². The topological polar surface area (TPSA) is 93.2 Å². The lowest BCUT2D eigenvalue weighted by Gasteiger charge is -2.05. The van der Waals surface area contributed by atoms with Crippen molar-refractivity contribution in [3.8, 4) is 0 Å². The first-order chi connectivity index (χ1) is 8.11. The van der Waals surface area contributed by atoms with Crippen LogP contribution in [0, 0.1) is 0 Å². The minimum Gasteiger partial charge on any atom is -0.465 e. The molecule has 0 saturated carbocycles. The Balaban J connectivity index is 2.34. The number of carbonyl (C=O) groups is 2. The third-order valence-corrected chi connectivity index (χ3v) is 1.77. The summed E-state index contributed by atoms with van der Waals surface area (Å²) in [7, 11) is 0. The molecule has 17 heavy (non-hydrogen) atoms. The van der Waals surface area contributed by atoms with Gasteiger partial charge in [-0.1, -0.05) is 11.6 Å². The van der Waals surface area contributed by atoms with Gasteiger partial charge in [-0.2, -0.15) is 0 Å². The molecule has 0 saturated heterocycles. The lowest BCUT2D eigenvalue weighted by Crippen LogP contribution is -2.34. The maximum absolute atomic E-state index is 11.3. The highest BCUT2D eigenvalue weighted by Gasteiger charge is 2.06. The average Bonchev–Trinajstić information content (AvgIpc) is 2.30. The van der Waals surface area contributed by atoms with Crippen LogP contribution in [0.3, 0.4) is 0 Å². The maximum atomic E-state index is 11.3. The number of esters is 1. The van der Waals surface area contributed by atoms with E-state index in [0.29, 0.717) is 0 Å². The number of hydrogen-bond donors (Lipinski definition) is 2. The van der Waals surface area contributed by atoms with Gasteiger partial charge in [0, 0.05) is 0 Å². The van der Waals surface area contributed by atoms with Crippen molar-refractivity contribution in [2.75, 3.05) is 18.5 Å². The highest BCUT2D eigenvalue weighted by atomic mass is 35.5. The zero-order valence-electron chi connectivity index (χ0n) is 9.07. The molecule has 1 aromatic rings. The standard InChI is InChI=1S/C9H11ClN4O3/c1-2-17-8(15)5-11-9(16)12-7-4-3-6(10)13-14-7/h3-4H,2,5H2,1H3,(H2,11,12,14,16). The number of anilines is 1. The Bertz CT molecular complexity index is 396. The molecule has 0 aromatic carbocycles. The number of amides is 2. The van der Waals surface area contributed by atoms with Crippen molar-refractivity contribution < 1.29 is 14.3 Å². The van der Waals surface area contributed by atoms with Crippen molar-refractivity contribution in [2.24, 2.45) is 0 Å². The van der Waals surface area contributed by atoms with E-state index in [2.05, 4.69) is 25.6 Å². The van der Waals surface area contributed by atoms with Crippen LogP contribution in [0.4, 0.5) is 10.6 Å². The summed E-state index contributed by atoms with van der Waals surface area (Å²) in [6.07, 6.45) is 0. The van der Waals surface area contributed by atoms with E-state index in [-0.39, 0.29) is 24.1 Å². The molecular weight excluding hydrogens is 248 g/mol. The lowest BCUT2D eigenvalue weighted by atomic mass is 10.5. The zero-order valence-corrected chi connectivity index (χ0v) is 9.82. The number of rotatable bonds is 4. The normalized spacial score (nSPS) is 9.53. The van der Waals surface area contributed by atoms with Gasteiger partial charge in [-0.05, 0) is 19.1 Å². The van der Waals surface area contributed by atoms with Crippen LogP contribution in [-0.4, -0.2) is 35.3 Å². The first kappa shape index (κ1) is 13.2. The van der Waals surface area contributed by atoms with E-state index in [9.17, 15) is 9.59 Å². The largest absolute Gasteiger partial charge is 0.465 e. The number of hydrogen-bond acceptors (Lipinski definition) is 5. The Morgan fingerprint density at radius 1 is 1.41 bits per heavy atom. The molecule has 0 spiro atoms. The fourth-order valence-corrected chi connectivity index (χ4v) is 1.01. The Kier molecular flexibility index (Phi) is 5.15. The molecule has 0 fully saturated rings. The highest BCUT2D eigenvalue weighted by molar-refractivity contribution is 6.29. The van der Waals surface area contributed by atoms with E-state index in [1.165, 1.54) is 12.1 Å². The van der Waals surface area contributed by atoms with Gasteiger partial charge in [0.05, 0.1) is 6.61 Å². The van der Waals surface area contributed by atoms with Crippen LogP contribution in [0.25, 0.3) is 0 Å². The monoisotopic (exact) mass is 258 g/mol. The highest BCUT2D eigenvalue weighted by Crippen LogP contribution is 2.05. The minimum absolute atomic E-state index is 0.208. The summed E-state index contributed by atoms with van der Waals surface area (Å²) in [5.41, 5.74) is 0. The predicted octanol–water partition coefficient (Wildman–Crippen LogP) is 0.815. The van der Waals surface area contributed by atoms with Gasteiger partial charge in [0.15, 0.2) is 11.0 Å². The van der Waals surface area contributed by atoms with Gasteiger partial charge in [0.25, 0.3) is 0 Å². The summed E-state index contributed by atoms with van der Waals surface area (Å²) >= 11 is 5.52. The summed E-state index contributed by atoms with van der Waals surface area (Å²) in [4.78, 5) is 22.2. The van der Waals surface area contributed by atoms with Gasteiger partial charge in [-0.25, -0.2) is 4.79 Å². The number of nitrogens with zero attached hydrogens (tertiary/aromatic N) is 2. The molecular formula is C9H11ClN4O3. The summed E-state index contributed by atoms with van der Waals surface area (Å²) in [5.74, 6) is -0.277. The van der Waals surface area contributed by atoms with E-state index < -0.39 is 12.0 Å². The molecule has 2 amide bonds. The maximum Gasteiger partial charge on any atom is 0.325 e. The fourth-order valence-electron chi connectivity index (χ4n) is 0.908. The molecule has 0 bridgehead atoms. The van der Waals surface area contributed by atoms with Gasteiger partial charge in [-0.15, -0.1) is 10.2 Å². The van der Waals surface area contributed by atoms with Crippen LogP contribution in [0.1, 0.15) is 6.92 Å². The second kappa shape index (κ2) is 6.64. The van der Waals surface area contributed by atoms with Gasteiger partial charge < -0.3 is 10.1 Å². The first-order valence-electron chi connectivity index (χ1n) is 4.81. The Hall–Kier alpha value is -1.89. The molecule has 1 rings (SSSR count). The summed E-state index contributed by atoms with van der Waals surface area (Å²) in [6.45, 7) is 1.74. The van der Waals surface area contributed by atoms with E-state index in [4.69, 9.17) is 11.6 Å². The number of halogens is 1. The second-order valence-electron chi connectivity index (χ2n) is 2.85. The fraction of sp³-hybridized carbons (Fsp3) is 0.333. The zero-order chi connectivity index (χ0) is 12.7. The molecule has 1 heterocycles. The molecule has 92 valence electrons. The lowest BCUT2D eigenvalue weighted by molar-refractivity contribution is -0.141. The summed E-state index contributed by atoms with van der Waals surface area (Å²) in [5, 5.41) is 12.1. The van der Waals surface area contributed by atoms with Crippen molar-refractivity contribution in [3.63, 3.8) is 0 Å². The van der Waals surface area contributed by atoms with Crippen molar-refractivity contribution >= 4 is 29.4 Å². The van der Waals surface area contributed by atoms with Crippen LogP contribution < -0.4 is 10.6 Å². The molecule has 8 heteroatoms. The number of ether oxygens (including phenoxy) is 1. The smallest absolute Gasteiger partial charge is 0.325 e. The van der Waals surface area contributed by atoms with Crippen molar-refractivity contribution in [3.05, 3.63) is 17.3 Å². The van der Waals surface area contributed by atoms with Gasteiger partial charge >= 0.3 is 12.0 Å². The predicted molar refractivity (Wildman–Crippen MR) is 60.7 cm³/mol. The Morgan fingerprint density at radius 3 is 2.76 bits per heavy atom. The van der Waals surface area contributed by atoms with E-state index >= 15 is 0 Å². The van der Waals surface area contributed by atoms with Crippen molar-refractivity contribution in [1.82, 2.24) is 15.5 Å². The van der Waals surface area contributed by atoms with Gasteiger partial charge in [0.2, 0.25) is 0 Å². The second-order valence-corrected chi connectivity index (χ2v) is 3.24. The van der Waals surface area contributed by atoms with Crippen LogP contribution >= 0.6 is 11.6 Å². The molecule has 0 aliphatic heterocycles. The van der Waals surface area contributed by atoms with E-state index in [0.717, 1.165) is 0 Å².